The molecule has 2 N–H and O–H groups in total. The van der Waals surface area contributed by atoms with Crippen LogP contribution in [0.1, 0.15) is 24.0 Å². The molecule has 1 fully saturated rings. The summed E-state index contributed by atoms with van der Waals surface area (Å²) in [6, 6.07) is 16.1. The van der Waals surface area contributed by atoms with Gasteiger partial charge in [0.05, 0.1) is 7.11 Å². The number of methoxy groups -OCH3 is 1. The van der Waals surface area contributed by atoms with E-state index in [1.807, 2.05) is 55.6 Å². The van der Waals surface area contributed by atoms with E-state index in [9.17, 15) is 4.79 Å². The number of amides is 1. The average Bonchev–Trinajstić information content (AvgIpc) is 3.57. The van der Waals surface area contributed by atoms with Crippen molar-refractivity contribution >= 4 is 11.9 Å². The lowest BCUT2D eigenvalue weighted by Crippen LogP contribution is -2.38. The number of hydrogen-bond acceptors (Lipinski definition) is 4. The molecule has 0 saturated heterocycles. The number of carbonyl (C=O) groups excluding carboxylic acids is 1. The van der Waals surface area contributed by atoms with Gasteiger partial charge in [0.1, 0.15) is 11.5 Å². The van der Waals surface area contributed by atoms with Crippen molar-refractivity contribution in [3.63, 3.8) is 0 Å². The molecule has 1 aliphatic carbocycles. The van der Waals surface area contributed by atoms with E-state index < -0.39 is 0 Å². The van der Waals surface area contributed by atoms with Crippen molar-refractivity contribution in [3.8, 4) is 11.5 Å². The maximum absolute atomic E-state index is 11.8. The van der Waals surface area contributed by atoms with E-state index in [-0.39, 0.29) is 12.5 Å². The minimum absolute atomic E-state index is 0.0413. The van der Waals surface area contributed by atoms with Gasteiger partial charge in [-0.25, -0.2) is 0 Å². The van der Waals surface area contributed by atoms with Crippen LogP contribution in [-0.2, 0) is 17.9 Å². The van der Waals surface area contributed by atoms with Crippen molar-refractivity contribution < 1.29 is 14.3 Å². The molecule has 7 heteroatoms. The normalized spacial score (nSPS) is 13.5. The number of ether oxygens (including phenoxy) is 2. The zero-order valence-electron chi connectivity index (χ0n) is 17.9. The summed E-state index contributed by atoms with van der Waals surface area (Å²) in [4.78, 5) is 18.2. The van der Waals surface area contributed by atoms with Crippen molar-refractivity contribution in [1.82, 2.24) is 15.5 Å². The van der Waals surface area contributed by atoms with Gasteiger partial charge in [0.15, 0.2) is 12.6 Å². The fourth-order valence-electron chi connectivity index (χ4n) is 3.04. The fraction of sp³-hybridized carbons (Fsp3) is 0.391. The third kappa shape index (κ3) is 6.69. The van der Waals surface area contributed by atoms with Gasteiger partial charge >= 0.3 is 0 Å². The molecule has 1 saturated carbocycles. The van der Waals surface area contributed by atoms with Gasteiger partial charge in [-0.05, 0) is 48.2 Å². The lowest BCUT2D eigenvalue weighted by atomic mass is 10.2. The molecule has 0 unspecified atom stereocenters. The Bertz CT molecular complexity index is 863. The van der Waals surface area contributed by atoms with Crippen molar-refractivity contribution in [3.05, 3.63) is 59.7 Å². The van der Waals surface area contributed by atoms with Crippen LogP contribution in [0.25, 0.3) is 0 Å². The lowest BCUT2D eigenvalue weighted by Gasteiger charge is -2.22. The molecule has 0 aliphatic heterocycles. The minimum atomic E-state index is -0.0680. The third-order valence-electron chi connectivity index (χ3n) is 4.81. The van der Waals surface area contributed by atoms with E-state index in [2.05, 4.69) is 20.5 Å². The largest absolute Gasteiger partial charge is 0.497 e. The Hall–Kier alpha value is -3.22. The van der Waals surface area contributed by atoms with Crippen molar-refractivity contribution in [2.24, 2.45) is 4.99 Å². The van der Waals surface area contributed by atoms with Crippen LogP contribution in [0.5, 0.6) is 11.5 Å². The Morgan fingerprint density at radius 1 is 1.13 bits per heavy atom. The Kier molecular flexibility index (Phi) is 7.54. The second kappa shape index (κ2) is 10.5. The molecule has 0 heterocycles. The highest BCUT2D eigenvalue weighted by atomic mass is 16.5. The first-order chi connectivity index (χ1) is 14.6. The first-order valence-corrected chi connectivity index (χ1v) is 10.1. The highest BCUT2D eigenvalue weighted by Crippen LogP contribution is 2.19. The summed E-state index contributed by atoms with van der Waals surface area (Å²) in [5.41, 5.74) is 2.22. The van der Waals surface area contributed by atoms with Gasteiger partial charge in [0.25, 0.3) is 5.91 Å². The Morgan fingerprint density at radius 3 is 2.57 bits per heavy atom. The van der Waals surface area contributed by atoms with Gasteiger partial charge in [0.2, 0.25) is 0 Å². The van der Waals surface area contributed by atoms with Crippen molar-refractivity contribution in [2.45, 2.75) is 32.0 Å². The molecular weight excluding hydrogens is 380 g/mol. The fourth-order valence-corrected chi connectivity index (χ4v) is 3.04. The molecule has 0 aromatic heterocycles. The topological polar surface area (TPSA) is 75.2 Å². The second-order valence-electron chi connectivity index (χ2n) is 7.38. The maximum atomic E-state index is 11.8. The smallest absolute Gasteiger partial charge is 0.258 e. The van der Waals surface area contributed by atoms with Crippen LogP contribution < -0.4 is 20.1 Å². The second-order valence-corrected chi connectivity index (χ2v) is 7.38. The molecular formula is C23H30N4O3. The summed E-state index contributed by atoms with van der Waals surface area (Å²) >= 11 is 0. The lowest BCUT2D eigenvalue weighted by molar-refractivity contribution is -0.123. The summed E-state index contributed by atoms with van der Waals surface area (Å²) in [6.45, 7) is 1.37. The molecule has 0 spiro atoms. The molecule has 2 aromatic rings. The molecule has 0 radical (unpaired) electrons. The third-order valence-corrected chi connectivity index (χ3v) is 4.81. The van der Waals surface area contributed by atoms with Crippen LogP contribution >= 0.6 is 0 Å². The number of benzene rings is 2. The van der Waals surface area contributed by atoms with Crippen LogP contribution in [0, 0.1) is 0 Å². The Balaban J connectivity index is 1.49. The van der Waals surface area contributed by atoms with Gasteiger partial charge in [-0.3, -0.25) is 9.79 Å². The number of guanidine groups is 1. The number of nitrogens with one attached hydrogen (secondary N) is 2. The summed E-state index contributed by atoms with van der Waals surface area (Å²) in [5, 5.41) is 6.29. The average molecular weight is 411 g/mol. The molecule has 0 atom stereocenters. The van der Waals surface area contributed by atoms with Gasteiger partial charge in [-0.15, -0.1) is 0 Å². The predicted octanol–water partition coefficient (Wildman–Crippen LogP) is 2.56. The number of hydrogen-bond donors (Lipinski definition) is 2. The van der Waals surface area contributed by atoms with Crippen LogP contribution in [-0.4, -0.2) is 50.6 Å². The molecule has 30 heavy (non-hydrogen) atoms. The van der Waals surface area contributed by atoms with Gasteiger partial charge in [-0.2, -0.15) is 0 Å². The van der Waals surface area contributed by atoms with E-state index in [0.29, 0.717) is 18.3 Å². The zero-order chi connectivity index (χ0) is 21.3. The highest BCUT2D eigenvalue weighted by Gasteiger charge is 2.23. The van der Waals surface area contributed by atoms with E-state index >= 15 is 0 Å². The molecule has 160 valence electrons. The predicted molar refractivity (Wildman–Crippen MR) is 118 cm³/mol. The van der Waals surface area contributed by atoms with Crippen LogP contribution in [0.15, 0.2) is 53.5 Å². The molecule has 1 aliphatic rings. The van der Waals surface area contributed by atoms with Crippen molar-refractivity contribution in [2.75, 3.05) is 27.8 Å². The number of rotatable bonds is 9. The van der Waals surface area contributed by atoms with E-state index in [1.165, 1.54) is 5.56 Å². The van der Waals surface area contributed by atoms with E-state index in [4.69, 9.17) is 9.47 Å². The number of carbonyl (C=O) groups is 1. The minimum Gasteiger partial charge on any atom is -0.497 e. The molecule has 1 amide bonds. The summed E-state index contributed by atoms with van der Waals surface area (Å²) in [5.74, 6) is 2.25. The molecule has 3 rings (SSSR count). The monoisotopic (exact) mass is 410 g/mol. The standard InChI is InChI=1S/C23H30N4O3/c1-24-23(27(2)15-17-7-11-20(29-3)12-8-17)25-14-18-5-4-6-21(13-18)30-16-22(28)26-19-9-10-19/h4-8,11-13,19H,9-10,14-16H2,1-3H3,(H,24,25)(H,26,28). The summed E-state index contributed by atoms with van der Waals surface area (Å²) < 4.78 is 10.8. The molecule has 0 bridgehead atoms. The Morgan fingerprint density at radius 2 is 1.90 bits per heavy atom. The van der Waals surface area contributed by atoms with Gasteiger partial charge in [0, 0.05) is 33.2 Å². The summed E-state index contributed by atoms with van der Waals surface area (Å²) in [6.07, 6.45) is 2.14. The summed E-state index contributed by atoms with van der Waals surface area (Å²) in [7, 11) is 5.43. The van der Waals surface area contributed by atoms with Crippen LogP contribution in [0.4, 0.5) is 0 Å². The quantitative estimate of drug-likeness (QED) is 0.491. The number of nitrogens with zero attached hydrogens (tertiary/aromatic N) is 2. The van der Waals surface area contributed by atoms with Gasteiger partial charge < -0.3 is 25.0 Å². The van der Waals surface area contributed by atoms with Crippen LogP contribution in [0.2, 0.25) is 0 Å². The van der Waals surface area contributed by atoms with Gasteiger partial charge in [-0.1, -0.05) is 24.3 Å². The molecule has 2 aromatic carbocycles. The van der Waals surface area contributed by atoms with Crippen molar-refractivity contribution in [1.29, 1.82) is 0 Å². The SMILES string of the molecule is CN=C(NCc1cccc(OCC(=O)NC2CC2)c1)N(C)Cc1ccc(OC)cc1. The Labute approximate surface area is 178 Å². The first-order valence-electron chi connectivity index (χ1n) is 10.1. The zero-order valence-corrected chi connectivity index (χ0v) is 17.9. The van der Waals surface area contributed by atoms with E-state index in [1.54, 1.807) is 14.2 Å². The molecule has 7 nitrogen and oxygen atoms in total. The van der Waals surface area contributed by atoms with E-state index in [0.717, 1.165) is 36.7 Å². The van der Waals surface area contributed by atoms with Crippen LogP contribution in [0.3, 0.4) is 0 Å². The highest BCUT2D eigenvalue weighted by molar-refractivity contribution is 5.79. The first kappa shape index (κ1) is 21.5. The number of aliphatic imine (C=N–C) groups is 1. The maximum Gasteiger partial charge on any atom is 0.258 e.